The summed E-state index contributed by atoms with van der Waals surface area (Å²) in [5.74, 6) is 0.262. The molecule has 0 fully saturated rings. The van der Waals surface area contributed by atoms with Crippen molar-refractivity contribution in [1.29, 1.82) is 0 Å². The first-order valence-corrected chi connectivity index (χ1v) is 6.07. The fourth-order valence-corrected chi connectivity index (χ4v) is 1.77. The molecule has 106 valence electrons. The summed E-state index contributed by atoms with van der Waals surface area (Å²) < 4.78 is 18.0. The molecule has 2 rings (SSSR count). The van der Waals surface area contributed by atoms with Gasteiger partial charge in [-0.2, -0.15) is 0 Å². The summed E-state index contributed by atoms with van der Waals surface area (Å²) in [6.45, 7) is 1.34. The highest BCUT2D eigenvalue weighted by molar-refractivity contribution is 5.85. The number of benzene rings is 2. The average molecular weight is 294 g/mol. The molecule has 0 aliphatic heterocycles. The quantitative estimate of drug-likeness (QED) is 0.853. The molecule has 1 unspecified atom stereocenters. The SMILES string of the molecule is C/C(F)=C\C(N)Oc1ccc(-c2ccccc2)cc1.Cl. The minimum atomic E-state index is -0.771. The van der Waals surface area contributed by atoms with Crippen molar-refractivity contribution in [2.45, 2.75) is 13.2 Å². The predicted octanol–water partition coefficient (Wildman–Crippen LogP) is 4.31. The predicted molar refractivity (Wildman–Crippen MR) is 82.6 cm³/mol. The number of nitrogens with two attached hydrogens (primary N) is 1. The van der Waals surface area contributed by atoms with Crippen molar-refractivity contribution >= 4 is 12.4 Å². The first-order chi connectivity index (χ1) is 9.15. The van der Waals surface area contributed by atoms with Crippen molar-refractivity contribution in [1.82, 2.24) is 0 Å². The lowest BCUT2D eigenvalue weighted by Crippen LogP contribution is -2.24. The number of ether oxygens (including phenoxy) is 1. The summed E-state index contributed by atoms with van der Waals surface area (Å²) >= 11 is 0. The summed E-state index contributed by atoms with van der Waals surface area (Å²) in [6.07, 6.45) is 0.457. The van der Waals surface area contributed by atoms with Gasteiger partial charge in [0.05, 0.1) is 5.83 Å². The highest BCUT2D eigenvalue weighted by Gasteiger charge is 2.02. The Morgan fingerprint density at radius 1 is 1.05 bits per heavy atom. The molecule has 0 saturated heterocycles. The van der Waals surface area contributed by atoms with Gasteiger partial charge in [-0.1, -0.05) is 42.5 Å². The van der Waals surface area contributed by atoms with Gasteiger partial charge in [-0.15, -0.1) is 12.4 Å². The second kappa shape index (κ2) is 7.68. The third-order valence-corrected chi connectivity index (χ3v) is 2.63. The molecule has 2 aromatic rings. The van der Waals surface area contributed by atoms with Crippen LogP contribution in [0.15, 0.2) is 66.5 Å². The van der Waals surface area contributed by atoms with Crippen molar-refractivity contribution in [3.63, 3.8) is 0 Å². The van der Waals surface area contributed by atoms with Crippen LogP contribution in [0.4, 0.5) is 4.39 Å². The van der Waals surface area contributed by atoms with E-state index in [-0.39, 0.29) is 18.2 Å². The first kappa shape index (κ1) is 16.2. The Kier molecular flexibility index (Phi) is 6.22. The molecule has 2 N–H and O–H groups in total. The molecule has 2 nitrogen and oxygen atoms in total. The number of allylic oxidation sites excluding steroid dienone is 1. The van der Waals surface area contributed by atoms with Crippen molar-refractivity contribution in [3.05, 3.63) is 66.5 Å². The first-order valence-electron chi connectivity index (χ1n) is 6.07. The topological polar surface area (TPSA) is 35.2 Å². The lowest BCUT2D eigenvalue weighted by molar-refractivity contribution is 0.254. The Morgan fingerprint density at radius 3 is 2.15 bits per heavy atom. The fraction of sp³-hybridized carbons (Fsp3) is 0.125. The van der Waals surface area contributed by atoms with Crippen molar-refractivity contribution in [3.8, 4) is 16.9 Å². The third-order valence-electron chi connectivity index (χ3n) is 2.63. The van der Waals surface area contributed by atoms with E-state index in [2.05, 4.69) is 0 Å². The van der Waals surface area contributed by atoms with E-state index >= 15 is 0 Å². The van der Waals surface area contributed by atoms with Crippen molar-refractivity contribution in [2.24, 2.45) is 5.73 Å². The zero-order chi connectivity index (χ0) is 13.7. The Balaban J connectivity index is 0.00000200. The molecule has 0 aliphatic rings. The second-order valence-corrected chi connectivity index (χ2v) is 4.23. The lowest BCUT2D eigenvalue weighted by atomic mass is 10.1. The highest BCUT2D eigenvalue weighted by Crippen LogP contribution is 2.22. The van der Waals surface area contributed by atoms with Crippen LogP contribution in [0.1, 0.15) is 6.92 Å². The van der Waals surface area contributed by atoms with Gasteiger partial charge in [-0.25, -0.2) is 4.39 Å². The molecule has 2 aromatic carbocycles. The summed E-state index contributed by atoms with van der Waals surface area (Å²) in [5, 5.41) is 0. The van der Waals surface area contributed by atoms with Crippen LogP contribution in [0, 0.1) is 0 Å². The molecule has 0 heterocycles. The van der Waals surface area contributed by atoms with E-state index in [0.29, 0.717) is 5.75 Å². The molecule has 0 bridgehead atoms. The van der Waals surface area contributed by atoms with Crippen LogP contribution in [0.2, 0.25) is 0 Å². The van der Waals surface area contributed by atoms with Gasteiger partial charge in [0.15, 0.2) is 6.23 Å². The molecule has 1 atom stereocenters. The van der Waals surface area contributed by atoms with Crippen molar-refractivity contribution in [2.75, 3.05) is 0 Å². The van der Waals surface area contributed by atoms with E-state index in [0.717, 1.165) is 11.1 Å². The summed E-state index contributed by atoms with van der Waals surface area (Å²) in [6, 6.07) is 17.6. The Morgan fingerprint density at radius 2 is 1.60 bits per heavy atom. The minimum Gasteiger partial charge on any atom is -0.472 e. The van der Waals surface area contributed by atoms with Crippen LogP contribution in [0.3, 0.4) is 0 Å². The molecule has 0 aromatic heterocycles. The lowest BCUT2D eigenvalue weighted by Gasteiger charge is -2.11. The standard InChI is InChI=1S/C16H16FNO.ClH/c1-12(17)11-16(18)19-15-9-7-14(8-10-15)13-5-3-2-4-6-13;/h2-11,16H,18H2,1H3;1H/b12-11+;. The van der Waals surface area contributed by atoms with Gasteiger partial charge < -0.3 is 4.74 Å². The summed E-state index contributed by atoms with van der Waals surface area (Å²) in [4.78, 5) is 0. The molecular weight excluding hydrogens is 277 g/mol. The van der Waals surface area contributed by atoms with E-state index in [9.17, 15) is 4.39 Å². The Labute approximate surface area is 124 Å². The zero-order valence-corrected chi connectivity index (χ0v) is 11.9. The normalized spacial score (nSPS) is 12.4. The number of hydrogen-bond donors (Lipinski definition) is 1. The van der Waals surface area contributed by atoms with E-state index in [1.807, 2.05) is 54.6 Å². The van der Waals surface area contributed by atoms with Crippen LogP contribution in [-0.4, -0.2) is 6.23 Å². The number of halogens is 2. The molecule has 0 radical (unpaired) electrons. The number of rotatable bonds is 4. The van der Waals surface area contributed by atoms with Crippen LogP contribution in [0.25, 0.3) is 11.1 Å². The van der Waals surface area contributed by atoms with E-state index < -0.39 is 6.23 Å². The van der Waals surface area contributed by atoms with Crippen LogP contribution >= 0.6 is 12.4 Å². The van der Waals surface area contributed by atoms with Crippen molar-refractivity contribution < 1.29 is 9.13 Å². The molecule has 20 heavy (non-hydrogen) atoms. The Hall–Kier alpha value is -1.84. The zero-order valence-electron chi connectivity index (χ0n) is 11.1. The van der Waals surface area contributed by atoms with Gasteiger partial charge in [-0.05, 0) is 30.2 Å². The van der Waals surface area contributed by atoms with Crippen LogP contribution < -0.4 is 10.5 Å². The summed E-state index contributed by atoms with van der Waals surface area (Å²) in [7, 11) is 0. The van der Waals surface area contributed by atoms with Gasteiger partial charge in [0.1, 0.15) is 5.75 Å². The molecule has 0 saturated carbocycles. The van der Waals surface area contributed by atoms with E-state index in [4.69, 9.17) is 10.5 Å². The third kappa shape index (κ3) is 4.68. The maximum Gasteiger partial charge on any atom is 0.169 e. The van der Waals surface area contributed by atoms with Crippen LogP contribution in [0.5, 0.6) is 5.75 Å². The molecular formula is C16H17ClFNO. The van der Waals surface area contributed by atoms with E-state index in [1.54, 1.807) is 0 Å². The molecule has 0 amide bonds. The molecule has 4 heteroatoms. The number of hydrogen-bond acceptors (Lipinski definition) is 2. The fourth-order valence-electron chi connectivity index (χ4n) is 1.77. The minimum absolute atomic E-state index is 0. The summed E-state index contributed by atoms with van der Waals surface area (Å²) in [5.41, 5.74) is 7.85. The second-order valence-electron chi connectivity index (χ2n) is 4.23. The van der Waals surface area contributed by atoms with Crippen LogP contribution in [-0.2, 0) is 0 Å². The van der Waals surface area contributed by atoms with Gasteiger partial charge in [-0.3, -0.25) is 5.73 Å². The largest absolute Gasteiger partial charge is 0.472 e. The van der Waals surface area contributed by atoms with Gasteiger partial charge >= 0.3 is 0 Å². The maximum atomic E-state index is 12.6. The van der Waals surface area contributed by atoms with Gasteiger partial charge in [0.25, 0.3) is 0 Å². The highest BCUT2D eigenvalue weighted by atomic mass is 35.5. The monoisotopic (exact) mass is 293 g/mol. The smallest absolute Gasteiger partial charge is 0.169 e. The molecule has 0 spiro atoms. The Bertz CT molecular complexity index is 550. The van der Waals surface area contributed by atoms with E-state index in [1.165, 1.54) is 13.0 Å². The van der Waals surface area contributed by atoms with Gasteiger partial charge in [0, 0.05) is 6.08 Å². The molecule has 0 aliphatic carbocycles. The van der Waals surface area contributed by atoms with Gasteiger partial charge in [0.2, 0.25) is 0 Å². The average Bonchev–Trinajstić information content (AvgIpc) is 2.39. The maximum absolute atomic E-state index is 12.6.